The molecule has 0 spiro atoms. The van der Waals surface area contributed by atoms with Gasteiger partial charge in [0.15, 0.2) is 17.3 Å². The van der Waals surface area contributed by atoms with Crippen molar-refractivity contribution >= 4 is 40.9 Å². The summed E-state index contributed by atoms with van der Waals surface area (Å²) in [6, 6.07) is 11.6. The van der Waals surface area contributed by atoms with E-state index >= 15 is 0 Å². The monoisotopic (exact) mass is 510 g/mol. The Morgan fingerprint density at radius 1 is 1.24 bits per heavy atom. The Labute approximate surface area is 187 Å². The molecule has 156 valence electrons. The summed E-state index contributed by atoms with van der Waals surface area (Å²) in [4.78, 5) is 8.28. The Morgan fingerprint density at radius 3 is 2.83 bits per heavy atom. The molecule has 0 aliphatic heterocycles. The molecule has 0 saturated heterocycles. The van der Waals surface area contributed by atoms with Crippen LogP contribution >= 0.6 is 24.0 Å². The molecule has 2 N–H and O–H groups in total. The highest BCUT2D eigenvalue weighted by Gasteiger charge is 2.15. The molecule has 0 bridgehead atoms. The van der Waals surface area contributed by atoms with Crippen LogP contribution in [0.25, 0.3) is 11.0 Å². The summed E-state index contributed by atoms with van der Waals surface area (Å²) in [6.07, 6.45) is 3.40. The maximum absolute atomic E-state index is 6.04. The molecule has 0 aliphatic carbocycles. The number of furan rings is 1. The maximum atomic E-state index is 6.04. The molecule has 2 aromatic heterocycles. The Hall–Kier alpha value is -2.49. The van der Waals surface area contributed by atoms with Crippen LogP contribution in [-0.4, -0.2) is 37.7 Å². The largest absolute Gasteiger partial charge is 0.490 e. The first kappa shape index (κ1) is 22.8. The van der Waals surface area contributed by atoms with Crippen LogP contribution in [0.3, 0.4) is 0 Å². The minimum Gasteiger partial charge on any atom is -0.490 e. The van der Waals surface area contributed by atoms with Crippen LogP contribution in [0.5, 0.6) is 11.5 Å². The van der Waals surface area contributed by atoms with E-state index in [0.29, 0.717) is 25.7 Å². The molecule has 3 aromatic rings. The predicted octanol–water partition coefficient (Wildman–Crippen LogP) is 4.15. The molecular formula is C21H27IN4O3. The molecule has 7 nitrogen and oxygen atoms in total. The predicted molar refractivity (Wildman–Crippen MR) is 125 cm³/mol. The van der Waals surface area contributed by atoms with Crippen LogP contribution in [0.15, 0.2) is 58.2 Å². The SMILES string of the molecule is CCOc1cccc2cc(C(C)NC(=NC)NCCOc3cccnc3)oc12.I. The minimum absolute atomic E-state index is 0. The fraction of sp³-hybridized carbons (Fsp3) is 0.333. The van der Waals surface area contributed by atoms with Crippen LogP contribution in [0.4, 0.5) is 0 Å². The number of nitrogens with one attached hydrogen (secondary N) is 2. The first-order chi connectivity index (χ1) is 13.7. The van der Waals surface area contributed by atoms with E-state index < -0.39 is 0 Å². The summed E-state index contributed by atoms with van der Waals surface area (Å²) < 4.78 is 17.3. The van der Waals surface area contributed by atoms with Crippen LogP contribution in [-0.2, 0) is 0 Å². The van der Waals surface area contributed by atoms with Crippen molar-refractivity contribution in [2.75, 3.05) is 26.8 Å². The lowest BCUT2D eigenvalue weighted by molar-refractivity contribution is 0.320. The van der Waals surface area contributed by atoms with Crippen LogP contribution in [0.1, 0.15) is 25.6 Å². The van der Waals surface area contributed by atoms with Gasteiger partial charge < -0.3 is 24.5 Å². The number of pyridine rings is 1. The normalized spacial score (nSPS) is 12.2. The zero-order valence-electron chi connectivity index (χ0n) is 16.8. The van der Waals surface area contributed by atoms with Crippen LogP contribution in [0, 0.1) is 0 Å². The second-order valence-corrected chi connectivity index (χ2v) is 6.16. The Morgan fingerprint density at radius 2 is 2.10 bits per heavy atom. The number of benzene rings is 1. The molecule has 2 heterocycles. The van der Waals surface area contributed by atoms with Gasteiger partial charge in [-0.3, -0.25) is 9.98 Å². The van der Waals surface area contributed by atoms with Gasteiger partial charge in [-0.25, -0.2) is 0 Å². The third-order valence-corrected chi connectivity index (χ3v) is 4.13. The van der Waals surface area contributed by atoms with Gasteiger partial charge in [-0.05, 0) is 38.1 Å². The Balaban J connectivity index is 0.00000300. The number of hydrogen-bond acceptors (Lipinski definition) is 5. The van der Waals surface area contributed by atoms with Gasteiger partial charge in [0.05, 0.1) is 25.4 Å². The molecule has 29 heavy (non-hydrogen) atoms. The third-order valence-electron chi connectivity index (χ3n) is 4.13. The van der Waals surface area contributed by atoms with E-state index in [-0.39, 0.29) is 30.0 Å². The lowest BCUT2D eigenvalue weighted by atomic mass is 10.2. The number of nitrogens with zero attached hydrogens (tertiary/aromatic N) is 2. The van der Waals surface area contributed by atoms with Gasteiger partial charge in [-0.1, -0.05) is 12.1 Å². The highest BCUT2D eigenvalue weighted by Crippen LogP contribution is 2.31. The molecule has 0 amide bonds. The number of hydrogen-bond donors (Lipinski definition) is 2. The van der Waals surface area contributed by atoms with Gasteiger partial charge in [-0.15, -0.1) is 24.0 Å². The summed E-state index contributed by atoms with van der Waals surface area (Å²) in [5, 5.41) is 7.58. The van der Waals surface area contributed by atoms with Crippen molar-refractivity contribution in [3.05, 3.63) is 54.6 Å². The third kappa shape index (κ3) is 6.25. The number of guanidine groups is 1. The highest BCUT2D eigenvalue weighted by molar-refractivity contribution is 14.0. The molecule has 1 aromatic carbocycles. The highest BCUT2D eigenvalue weighted by atomic mass is 127. The minimum atomic E-state index is -0.0627. The number of halogens is 1. The number of ether oxygens (including phenoxy) is 2. The second-order valence-electron chi connectivity index (χ2n) is 6.16. The van der Waals surface area contributed by atoms with Crippen molar-refractivity contribution in [2.45, 2.75) is 19.9 Å². The molecule has 3 rings (SSSR count). The number of fused-ring (bicyclic) bond motifs is 1. The van der Waals surface area contributed by atoms with E-state index in [0.717, 1.165) is 28.2 Å². The van der Waals surface area contributed by atoms with E-state index in [1.165, 1.54) is 0 Å². The van der Waals surface area contributed by atoms with Crippen LogP contribution in [0.2, 0.25) is 0 Å². The summed E-state index contributed by atoms with van der Waals surface area (Å²) >= 11 is 0. The van der Waals surface area contributed by atoms with Gasteiger partial charge in [0.25, 0.3) is 0 Å². The van der Waals surface area contributed by atoms with Crippen molar-refractivity contribution in [3.63, 3.8) is 0 Å². The van der Waals surface area contributed by atoms with Gasteiger partial charge >= 0.3 is 0 Å². The zero-order chi connectivity index (χ0) is 19.8. The van der Waals surface area contributed by atoms with E-state index in [9.17, 15) is 0 Å². The van der Waals surface area contributed by atoms with Crippen LogP contribution < -0.4 is 20.1 Å². The number of aromatic nitrogens is 1. The van der Waals surface area contributed by atoms with E-state index in [2.05, 4.69) is 20.6 Å². The zero-order valence-corrected chi connectivity index (χ0v) is 19.2. The second kappa shape index (κ2) is 11.5. The first-order valence-corrected chi connectivity index (χ1v) is 9.36. The molecular weight excluding hydrogens is 483 g/mol. The van der Waals surface area contributed by atoms with E-state index in [4.69, 9.17) is 13.9 Å². The molecule has 0 fully saturated rings. The molecule has 0 radical (unpaired) electrons. The smallest absolute Gasteiger partial charge is 0.191 e. The topological polar surface area (TPSA) is 80.9 Å². The summed E-state index contributed by atoms with van der Waals surface area (Å²) in [5.74, 6) is 2.99. The summed E-state index contributed by atoms with van der Waals surface area (Å²) in [5.41, 5.74) is 0.765. The van der Waals surface area contributed by atoms with Crippen molar-refractivity contribution in [1.29, 1.82) is 0 Å². The van der Waals surface area contributed by atoms with Crippen molar-refractivity contribution in [1.82, 2.24) is 15.6 Å². The fourth-order valence-corrected chi connectivity index (χ4v) is 2.78. The quantitative estimate of drug-likeness (QED) is 0.205. The first-order valence-electron chi connectivity index (χ1n) is 9.36. The Kier molecular flexibility index (Phi) is 9.04. The van der Waals surface area contributed by atoms with E-state index in [1.54, 1.807) is 19.4 Å². The number of para-hydroxylation sites is 1. The Bertz CT molecular complexity index is 915. The standard InChI is InChI=1S/C21H26N4O3.HI/c1-4-26-18-9-5-7-16-13-19(28-20(16)18)15(2)25-21(22-3)24-11-12-27-17-8-6-10-23-14-17;/h5-10,13-15H,4,11-12H2,1-3H3,(H2,22,24,25);1H. The molecule has 1 atom stereocenters. The summed E-state index contributed by atoms with van der Waals surface area (Å²) in [7, 11) is 1.73. The van der Waals surface area contributed by atoms with Crippen molar-refractivity contribution in [2.24, 2.45) is 4.99 Å². The average Bonchev–Trinajstić information content (AvgIpc) is 3.17. The van der Waals surface area contributed by atoms with Gasteiger partial charge in [0.2, 0.25) is 0 Å². The lowest BCUT2D eigenvalue weighted by Gasteiger charge is -2.16. The van der Waals surface area contributed by atoms with Gasteiger partial charge in [0.1, 0.15) is 18.1 Å². The van der Waals surface area contributed by atoms with Crippen molar-refractivity contribution < 1.29 is 13.9 Å². The lowest BCUT2D eigenvalue weighted by Crippen LogP contribution is -2.40. The van der Waals surface area contributed by atoms with E-state index in [1.807, 2.05) is 50.2 Å². The summed E-state index contributed by atoms with van der Waals surface area (Å²) in [6.45, 7) is 5.69. The maximum Gasteiger partial charge on any atom is 0.191 e. The molecule has 0 aliphatic rings. The fourth-order valence-electron chi connectivity index (χ4n) is 2.78. The molecule has 8 heteroatoms. The molecule has 0 saturated carbocycles. The number of rotatable bonds is 8. The van der Waals surface area contributed by atoms with Gasteiger partial charge in [0, 0.05) is 18.6 Å². The molecule has 1 unspecified atom stereocenters. The van der Waals surface area contributed by atoms with Gasteiger partial charge in [-0.2, -0.15) is 0 Å². The average molecular weight is 510 g/mol. The number of aliphatic imine (C=N–C) groups is 1. The van der Waals surface area contributed by atoms with Crippen molar-refractivity contribution in [3.8, 4) is 11.5 Å².